The predicted octanol–water partition coefficient (Wildman–Crippen LogP) is 2.02. The van der Waals surface area contributed by atoms with Gasteiger partial charge in [-0.3, -0.25) is 0 Å². The molecule has 4 heteroatoms. The first-order valence-electron chi connectivity index (χ1n) is 6.44. The average Bonchev–Trinajstić information content (AvgIpc) is 2.75. The molecule has 1 unspecified atom stereocenters. The van der Waals surface area contributed by atoms with Crippen molar-refractivity contribution in [2.75, 3.05) is 27.2 Å². The van der Waals surface area contributed by atoms with E-state index in [0.29, 0.717) is 18.3 Å². The SMILES string of the molecule is COc1ccc(CNCC2CCCN2C)cc1F. The van der Waals surface area contributed by atoms with E-state index in [1.54, 1.807) is 6.07 Å². The van der Waals surface area contributed by atoms with Gasteiger partial charge in [0, 0.05) is 19.1 Å². The highest BCUT2D eigenvalue weighted by Gasteiger charge is 2.19. The van der Waals surface area contributed by atoms with Crippen LogP contribution in [0.1, 0.15) is 18.4 Å². The lowest BCUT2D eigenvalue weighted by atomic mass is 10.2. The Hall–Kier alpha value is -1.13. The van der Waals surface area contributed by atoms with Crippen molar-refractivity contribution in [2.45, 2.75) is 25.4 Å². The molecule has 0 amide bonds. The Balaban J connectivity index is 1.81. The van der Waals surface area contributed by atoms with Gasteiger partial charge in [-0.05, 0) is 44.1 Å². The molecule has 1 aliphatic heterocycles. The van der Waals surface area contributed by atoms with Crippen LogP contribution in [0.4, 0.5) is 4.39 Å². The van der Waals surface area contributed by atoms with Gasteiger partial charge in [0.2, 0.25) is 0 Å². The molecule has 100 valence electrons. The van der Waals surface area contributed by atoms with Crippen LogP contribution in [0.5, 0.6) is 5.75 Å². The molecule has 0 spiro atoms. The maximum atomic E-state index is 13.5. The molecule has 1 aromatic rings. The number of benzene rings is 1. The molecule has 0 saturated carbocycles. The van der Waals surface area contributed by atoms with Crippen LogP contribution in [0, 0.1) is 5.82 Å². The van der Waals surface area contributed by atoms with Crippen LogP contribution in [0.3, 0.4) is 0 Å². The fourth-order valence-electron chi connectivity index (χ4n) is 2.44. The molecule has 0 radical (unpaired) electrons. The van der Waals surface area contributed by atoms with Gasteiger partial charge in [0.15, 0.2) is 11.6 Å². The van der Waals surface area contributed by atoms with Crippen molar-refractivity contribution in [3.8, 4) is 5.75 Å². The molecule has 1 N–H and O–H groups in total. The predicted molar refractivity (Wildman–Crippen MR) is 70.3 cm³/mol. The van der Waals surface area contributed by atoms with Crippen LogP contribution >= 0.6 is 0 Å². The fourth-order valence-corrected chi connectivity index (χ4v) is 2.44. The van der Waals surface area contributed by atoms with Crippen LogP contribution in [-0.4, -0.2) is 38.2 Å². The second-order valence-corrected chi connectivity index (χ2v) is 4.88. The number of nitrogens with zero attached hydrogens (tertiary/aromatic N) is 1. The van der Waals surface area contributed by atoms with Crippen LogP contribution in [0.15, 0.2) is 18.2 Å². The van der Waals surface area contributed by atoms with Gasteiger partial charge in [0.1, 0.15) is 0 Å². The summed E-state index contributed by atoms with van der Waals surface area (Å²) in [5.41, 5.74) is 0.953. The minimum atomic E-state index is -0.296. The molecule has 1 heterocycles. The van der Waals surface area contributed by atoms with Crippen molar-refractivity contribution in [2.24, 2.45) is 0 Å². The van der Waals surface area contributed by atoms with E-state index in [0.717, 1.165) is 12.1 Å². The third-order valence-corrected chi connectivity index (χ3v) is 3.60. The Morgan fingerprint density at radius 3 is 2.94 bits per heavy atom. The fraction of sp³-hybridized carbons (Fsp3) is 0.571. The first kappa shape index (κ1) is 13.3. The first-order valence-corrected chi connectivity index (χ1v) is 6.44. The summed E-state index contributed by atoms with van der Waals surface area (Å²) < 4.78 is 18.4. The largest absolute Gasteiger partial charge is 0.494 e. The second-order valence-electron chi connectivity index (χ2n) is 4.88. The number of rotatable bonds is 5. The van der Waals surface area contributed by atoms with E-state index in [2.05, 4.69) is 17.3 Å². The highest BCUT2D eigenvalue weighted by Crippen LogP contribution is 2.18. The maximum Gasteiger partial charge on any atom is 0.165 e. The van der Waals surface area contributed by atoms with E-state index in [4.69, 9.17) is 4.74 Å². The summed E-state index contributed by atoms with van der Waals surface area (Å²) in [5, 5.41) is 3.39. The number of likely N-dealkylation sites (N-methyl/N-ethyl adjacent to an activating group) is 1. The van der Waals surface area contributed by atoms with Gasteiger partial charge in [0.25, 0.3) is 0 Å². The standard InChI is InChI=1S/C14H21FN2O/c1-17-7-3-4-12(17)10-16-9-11-5-6-14(18-2)13(15)8-11/h5-6,8,12,16H,3-4,7,9-10H2,1-2H3. The van der Waals surface area contributed by atoms with Crippen molar-refractivity contribution in [3.05, 3.63) is 29.6 Å². The zero-order valence-electron chi connectivity index (χ0n) is 11.1. The normalized spacial score (nSPS) is 20.3. The van der Waals surface area contributed by atoms with Crippen LogP contribution < -0.4 is 10.1 Å². The first-order chi connectivity index (χ1) is 8.70. The summed E-state index contributed by atoms with van der Waals surface area (Å²) in [6.07, 6.45) is 2.53. The molecule has 1 aliphatic rings. The van der Waals surface area contributed by atoms with Gasteiger partial charge in [-0.1, -0.05) is 6.07 Å². The quantitative estimate of drug-likeness (QED) is 0.867. The number of halogens is 1. The lowest BCUT2D eigenvalue weighted by Crippen LogP contribution is -2.35. The van der Waals surface area contributed by atoms with Crippen LogP contribution in [0.2, 0.25) is 0 Å². The molecular formula is C14H21FN2O. The van der Waals surface area contributed by atoms with E-state index in [-0.39, 0.29) is 5.82 Å². The second kappa shape index (κ2) is 6.16. The number of hydrogen-bond donors (Lipinski definition) is 1. The van der Waals surface area contributed by atoms with Gasteiger partial charge < -0.3 is 15.0 Å². The van der Waals surface area contributed by atoms with E-state index < -0.39 is 0 Å². The minimum absolute atomic E-state index is 0.296. The molecular weight excluding hydrogens is 231 g/mol. The monoisotopic (exact) mass is 252 g/mol. The molecule has 18 heavy (non-hydrogen) atoms. The lowest BCUT2D eigenvalue weighted by molar-refractivity contribution is 0.300. The van der Waals surface area contributed by atoms with Crippen molar-refractivity contribution in [1.29, 1.82) is 0 Å². The summed E-state index contributed by atoms with van der Waals surface area (Å²) in [4.78, 5) is 2.38. The van der Waals surface area contributed by atoms with E-state index >= 15 is 0 Å². The molecule has 1 fully saturated rings. The summed E-state index contributed by atoms with van der Waals surface area (Å²) in [6.45, 7) is 2.85. The summed E-state index contributed by atoms with van der Waals surface area (Å²) >= 11 is 0. The van der Waals surface area contributed by atoms with E-state index in [1.807, 2.05) is 6.07 Å². The number of hydrogen-bond acceptors (Lipinski definition) is 3. The Labute approximate surface area is 108 Å². The van der Waals surface area contributed by atoms with Crippen LogP contribution in [0.25, 0.3) is 0 Å². The minimum Gasteiger partial charge on any atom is -0.494 e. The Morgan fingerprint density at radius 1 is 1.50 bits per heavy atom. The zero-order valence-corrected chi connectivity index (χ0v) is 11.1. The maximum absolute atomic E-state index is 13.5. The topological polar surface area (TPSA) is 24.5 Å². The third kappa shape index (κ3) is 3.21. The van der Waals surface area contributed by atoms with Crippen molar-refractivity contribution >= 4 is 0 Å². The van der Waals surface area contributed by atoms with E-state index in [9.17, 15) is 4.39 Å². The van der Waals surface area contributed by atoms with Crippen molar-refractivity contribution in [1.82, 2.24) is 10.2 Å². The number of nitrogens with one attached hydrogen (secondary N) is 1. The molecule has 0 aromatic heterocycles. The summed E-state index contributed by atoms with van der Waals surface area (Å²) in [7, 11) is 3.64. The highest BCUT2D eigenvalue weighted by molar-refractivity contribution is 5.29. The smallest absolute Gasteiger partial charge is 0.165 e. The molecule has 2 rings (SSSR count). The van der Waals surface area contributed by atoms with Crippen molar-refractivity contribution < 1.29 is 9.13 Å². The number of methoxy groups -OCH3 is 1. The molecule has 1 aromatic carbocycles. The average molecular weight is 252 g/mol. The molecule has 0 bridgehead atoms. The van der Waals surface area contributed by atoms with Gasteiger partial charge in [-0.25, -0.2) is 4.39 Å². The Kier molecular flexibility index (Phi) is 4.55. The molecule has 1 saturated heterocycles. The van der Waals surface area contributed by atoms with E-state index in [1.165, 1.54) is 32.6 Å². The van der Waals surface area contributed by atoms with Gasteiger partial charge >= 0.3 is 0 Å². The number of likely N-dealkylation sites (tertiary alicyclic amines) is 1. The molecule has 0 aliphatic carbocycles. The lowest BCUT2D eigenvalue weighted by Gasteiger charge is -2.19. The Bertz CT molecular complexity index is 397. The van der Waals surface area contributed by atoms with Gasteiger partial charge in [-0.2, -0.15) is 0 Å². The molecule has 3 nitrogen and oxygen atoms in total. The molecule has 1 atom stereocenters. The zero-order chi connectivity index (χ0) is 13.0. The summed E-state index contributed by atoms with van der Waals surface area (Å²) in [5.74, 6) is 0.00376. The summed E-state index contributed by atoms with van der Waals surface area (Å²) in [6, 6.07) is 5.72. The van der Waals surface area contributed by atoms with Crippen molar-refractivity contribution in [3.63, 3.8) is 0 Å². The Morgan fingerprint density at radius 2 is 2.33 bits per heavy atom. The number of ether oxygens (including phenoxy) is 1. The highest BCUT2D eigenvalue weighted by atomic mass is 19.1. The van der Waals surface area contributed by atoms with Crippen LogP contribution in [-0.2, 0) is 6.54 Å². The van der Waals surface area contributed by atoms with Gasteiger partial charge in [-0.15, -0.1) is 0 Å². The third-order valence-electron chi connectivity index (χ3n) is 3.60. The van der Waals surface area contributed by atoms with Gasteiger partial charge in [0.05, 0.1) is 7.11 Å².